The molecule has 2 aromatic rings. The highest BCUT2D eigenvalue weighted by molar-refractivity contribution is 5.34. The molecule has 114 valence electrons. The van der Waals surface area contributed by atoms with E-state index in [-0.39, 0.29) is 11.8 Å². The fraction of sp³-hybridized carbons (Fsp3) is 0.438. The van der Waals surface area contributed by atoms with Crippen molar-refractivity contribution in [3.63, 3.8) is 0 Å². The summed E-state index contributed by atoms with van der Waals surface area (Å²) in [6.45, 7) is 7.65. The van der Waals surface area contributed by atoms with E-state index in [2.05, 4.69) is 16.5 Å². The van der Waals surface area contributed by atoms with Crippen molar-refractivity contribution in [1.82, 2.24) is 15.1 Å². The topological polar surface area (TPSA) is 50.1 Å². The first-order valence-electron chi connectivity index (χ1n) is 7.20. The molecule has 1 aromatic heterocycles. The molecule has 1 aromatic carbocycles. The van der Waals surface area contributed by atoms with Gasteiger partial charge in [-0.3, -0.25) is 4.68 Å². The third-order valence-corrected chi connectivity index (χ3v) is 3.56. The lowest BCUT2D eigenvalue weighted by molar-refractivity contribution is 0.442. The van der Waals surface area contributed by atoms with Crippen LogP contribution in [-0.4, -0.2) is 21.4 Å². The summed E-state index contributed by atoms with van der Waals surface area (Å²) in [5, 5.41) is 17.5. The van der Waals surface area contributed by atoms with Crippen molar-refractivity contribution in [2.45, 2.75) is 39.8 Å². The molecule has 0 aliphatic heterocycles. The van der Waals surface area contributed by atoms with E-state index in [4.69, 9.17) is 0 Å². The van der Waals surface area contributed by atoms with Crippen LogP contribution in [0.2, 0.25) is 0 Å². The summed E-state index contributed by atoms with van der Waals surface area (Å²) in [7, 11) is 0. The Labute approximate surface area is 124 Å². The van der Waals surface area contributed by atoms with Gasteiger partial charge in [0.05, 0.1) is 5.69 Å². The summed E-state index contributed by atoms with van der Waals surface area (Å²) in [4.78, 5) is 0. The zero-order valence-corrected chi connectivity index (χ0v) is 12.7. The fourth-order valence-corrected chi connectivity index (χ4v) is 2.44. The highest BCUT2D eigenvalue weighted by atomic mass is 19.1. The molecule has 0 aliphatic rings. The molecule has 21 heavy (non-hydrogen) atoms. The summed E-state index contributed by atoms with van der Waals surface area (Å²) in [5.74, 6) is -0.429. The van der Waals surface area contributed by atoms with Crippen LogP contribution in [0.4, 0.5) is 4.39 Å². The fourth-order valence-electron chi connectivity index (χ4n) is 2.44. The van der Waals surface area contributed by atoms with Gasteiger partial charge in [0.1, 0.15) is 11.6 Å². The van der Waals surface area contributed by atoms with Gasteiger partial charge in [-0.05, 0) is 45.9 Å². The smallest absolute Gasteiger partial charge is 0.126 e. The normalized spacial score (nSPS) is 12.6. The van der Waals surface area contributed by atoms with Crippen LogP contribution >= 0.6 is 0 Å². The maximum absolute atomic E-state index is 13.0. The Hall–Kier alpha value is -1.88. The summed E-state index contributed by atoms with van der Waals surface area (Å²) in [5.41, 5.74) is 2.91. The number of halogens is 1. The zero-order valence-electron chi connectivity index (χ0n) is 12.7. The first-order chi connectivity index (χ1) is 9.97. The maximum Gasteiger partial charge on any atom is 0.126 e. The molecule has 1 unspecified atom stereocenters. The molecule has 0 radical (unpaired) electrons. The Morgan fingerprint density at radius 2 is 2.10 bits per heavy atom. The highest BCUT2D eigenvalue weighted by Crippen LogP contribution is 2.24. The molecule has 0 amide bonds. The summed E-state index contributed by atoms with van der Waals surface area (Å²) < 4.78 is 15.0. The molecule has 0 saturated heterocycles. The molecule has 0 saturated carbocycles. The third-order valence-electron chi connectivity index (χ3n) is 3.56. The molecule has 0 aliphatic carbocycles. The molecular formula is C16H22FN3O. The van der Waals surface area contributed by atoms with E-state index in [1.807, 2.05) is 25.5 Å². The molecule has 2 N–H and O–H groups in total. The lowest BCUT2D eigenvalue weighted by atomic mass is 10.1. The van der Waals surface area contributed by atoms with Crippen LogP contribution in [0.1, 0.15) is 36.3 Å². The first-order valence-corrected chi connectivity index (χ1v) is 7.20. The second kappa shape index (κ2) is 6.72. The number of rotatable bonds is 6. The molecule has 0 fully saturated rings. The Morgan fingerprint density at radius 1 is 1.33 bits per heavy atom. The molecule has 0 bridgehead atoms. The van der Waals surface area contributed by atoms with Crippen molar-refractivity contribution in [3.8, 4) is 5.75 Å². The largest absolute Gasteiger partial charge is 0.508 e. The van der Waals surface area contributed by atoms with E-state index < -0.39 is 5.82 Å². The SMILES string of the molecule is Cc1cc(C)n(CCCNC(C)c2ccc(F)cc2O)n1. The van der Waals surface area contributed by atoms with Crippen molar-refractivity contribution < 1.29 is 9.50 Å². The van der Waals surface area contributed by atoms with Gasteiger partial charge in [0.15, 0.2) is 0 Å². The standard InChI is InChI=1S/C16H22FN3O/c1-11-9-12(2)20(19-11)8-4-7-18-13(3)15-6-5-14(17)10-16(15)21/h5-6,9-10,13,18,21H,4,7-8H2,1-3H3. The lowest BCUT2D eigenvalue weighted by Crippen LogP contribution is -2.21. The van der Waals surface area contributed by atoms with E-state index in [1.54, 1.807) is 6.07 Å². The van der Waals surface area contributed by atoms with Gasteiger partial charge < -0.3 is 10.4 Å². The predicted molar refractivity (Wildman–Crippen MR) is 80.8 cm³/mol. The third kappa shape index (κ3) is 4.04. The van der Waals surface area contributed by atoms with E-state index in [9.17, 15) is 9.50 Å². The molecule has 0 spiro atoms. The van der Waals surface area contributed by atoms with Crippen molar-refractivity contribution in [2.24, 2.45) is 0 Å². The zero-order chi connectivity index (χ0) is 15.4. The minimum absolute atomic E-state index is 0.00598. The van der Waals surface area contributed by atoms with Crippen LogP contribution in [-0.2, 0) is 6.54 Å². The molecule has 1 heterocycles. The van der Waals surface area contributed by atoms with E-state index >= 15 is 0 Å². The monoisotopic (exact) mass is 291 g/mol. The number of nitrogens with zero attached hydrogens (tertiary/aromatic N) is 2. The van der Waals surface area contributed by atoms with Crippen LogP contribution in [0.25, 0.3) is 0 Å². The van der Waals surface area contributed by atoms with Gasteiger partial charge in [0.25, 0.3) is 0 Å². The minimum atomic E-state index is -0.423. The Balaban J connectivity index is 1.81. The van der Waals surface area contributed by atoms with Crippen molar-refractivity contribution in [1.29, 1.82) is 0 Å². The number of benzene rings is 1. The van der Waals surface area contributed by atoms with Gasteiger partial charge in [-0.15, -0.1) is 0 Å². The molecular weight excluding hydrogens is 269 g/mol. The van der Waals surface area contributed by atoms with Crippen LogP contribution in [0.3, 0.4) is 0 Å². The van der Waals surface area contributed by atoms with Gasteiger partial charge >= 0.3 is 0 Å². The number of aromatic nitrogens is 2. The van der Waals surface area contributed by atoms with Crippen LogP contribution in [0.15, 0.2) is 24.3 Å². The average Bonchev–Trinajstić information content (AvgIpc) is 2.73. The van der Waals surface area contributed by atoms with Crippen molar-refractivity contribution in [3.05, 3.63) is 47.0 Å². The Morgan fingerprint density at radius 3 is 2.71 bits per heavy atom. The first kappa shape index (κ1) is 15.5. The van der Waals surface area contributed by atoms with E-state index in [1.165, 1.54) is 6.07 Å². The number of nitrogens with one attached hydrogen (secondary N) is 1. The summed E-state index contributed by atoms with van der Waals surface area (Å²) >= 11 is 0. The second-order valence-corrected chi connectivity index (χ2v) is 5.38. The van der Waals surface area contributed by atoms with Crippen LogP contribution < -0.4 is 5.32 Å². The molecule has 2 rings (SSSR count). The number of aryl methyl sites for hydroxylation is 3. The second-order valence-electron chi connectivity index (χ2n) is 5.38. The number of phenolic OH excluding ortho intramolecular Hbond substituents is 1. The van der Waals surface area contributed by atoms with Gasteiger partial charge in [-0.1, -0.05) is 6.07 Å². The summed E-state index contributed by atoms with van der Waals surface area (Å²) in [6, 6.07) is 6.16. The number of hydrogen-bond donors (Lipinski definition) is 2. The van der Waals surface area contributed by atoms with Gasteiger partial charge in [0.2, 0.25) is 0 Å². The Bertz CT molecular complexity index is 610. The van der Waals surface area contributed by atoms with Gasteiger partial charge in [-0.25, -0.2) is 4.39 Å². The van der Waals surface area contributed by atoms with E-state index in [0.29, 0.717) is 5.56 Å². The summed E-state index contributed by atoms with van der Waals surface area (Å²) in [6.07, 6.45) is 0.939. The van der Waals surface area contributed by atoms with Gasteiger partial charge in [-0.2, -0.15) is 5.10 Å². The quantitative estimate of drug-likeness (QED) is 0.804. The van der Waals surface area contributed by atoms with Gasteiger partial charge in [0, 0.05) is 29.9 Å². The van der Waals surface area contributed by atoms with Crippen molar-refractivity contribution >= 4 is 0 Å². The number of aromatic hydroxyl groups is 1. The average molecular weight is 291 g/mol. The van der Waals surface area contributed by atoms with Crippen molar-refractivity contribution in [2.75, 3.05) is 6.54 Å². The van der Waals surface area contributed by atoms with Crippen LogP contribution in [0, 0.1) is 19.7 Å². The number of hydrogen-bond acceptors (Lipinski definition) is 3. The van der Waals surface area contributed by atoms with Crippen LogP contribution in [0.5, 0.6) is 5.75 Å². The maximum atomic E-state index is 13.0. The highest BCUT2D eigenvalue weighted by Gasteiger charge is 2.10. The number of phenols is 1. The Kier molecular flexibility index (Phi) is 4.96. The lowest BCUT2D eigenvalue weighted by Gasteiger charge is -2.15. The minimum Gasteiger partial charge on any atom is -0.508 e. The predicted octanol–water partition coefficient (Wildman–Crippen LogP) is 3.09. The van der Waals surface area contributed by atoms with E-state index in [0.717, 1.165) is 37.0 Å². The molecule has 5 heteroatoms. The molecule has 4 nitrogen and oxygen atoms in total. The molecule has 1 atom stereocenters.